The molecular formula is C20H19NO2. The zero-order chi connectivity index (χ0) is 15.8. The van der Waals surface area contributed by atoms with Crippen molar-refractivity contribution in [1.29, 1.82) is 0 Å². The summed E-state index contributed by atoms with van der Waals surface area (Å²) >= 11 is 0. The van der Waals surface area contributed by atoms with Gasteiger partial charge in [0.1, 0.15) is 0 Å². The first-order valence-electron chi connectivity index (χ1n) is 7.98. The van der Waals surface area contributed by atoms with Gasteiger partial charge in [-0.05, 0) is 41.7 Å². The largest absolute Gasteiger partial charge is 0.465 e. The van der Waals surface area contributed by atoms with Crippen LogP contribution in [0, 0.1) is 5.92 Å². The van der Waals surface area contributed by atoms with E-state index in [1.165, 1.54) is 23.9 Å². The van der Waals surface area contributed by atoms with Crippen molar-refractivity contribution < 1.29 is 9.53 Å². The molecule has 3 unspecified atom stereocenters. The van der Waals surface area contributed by atoms with Crippen molar-refractivity contribution >= 4 is 11.7 Å². The van der Waals surface area contributed by atoms with Gasteiger partial charge in [-0.2, -0.15) is 0 Å². The molecule has 2 aliphatic rings. The zero-order valence-electron chi connectivity index (χ0n) is 13.0. The van der Waals surface area contributed by atoms with Crippen molar-refractivity contribution in [2.24, 2.45) is 5.92 Å². The lowest BCUT2D eigenvalue weighted by molar-refractivity contribution is 0.0600. The molecule has 4 rings (SSSR count). The van der Waals surface area contributed by atoms with Crippen LogP contribution in [0.2, 0.25) is 0 Å². The van der Waals surface area contributed by atoms with Crippen molar-refractivity contribution in [3.05, 3.63) is 77.4 Å². The lowest BCUT2D eigenvalue weighted by atomic mass is 9.77. The van der Waals surface area contributed by atoms with Crippen LogP contribution in [-0.4, -0.2) is 13.1 Å². The fraction of sp³-hybridized carbons (Fsp3) is 0.250. The van der Waals surface area contributed by atoms with Crippen LogP contribution >= 0.6 is 0 Å². The fourth-order valence-electron chi connectivity index (χ4n) is 3.82. The van der Waals surface area contributed by atoms with Gasteiger partial charge in [0.2, 0.25) is 0 Å². The van der Waals surface area contributed by atoms with Crippen molar-refractivity contribution in [2.45, 2.75) is 18.4 Å². The van der Waals surface area contributed by atoms with E-state index < -0.39 is 0 Å². The first-order valence-corrected chi connectivity index (χ1v) is 7.98. The lowest BCUT2D eigenvalue weighted by Crippen LogP contribution is -2.29. The molecule has 0 saturated heterocycles. The second-order valence-corrected chi connectivity index (χ2v) is 6.18. The highest BCUT2D eigenvalue weighted by atomic mass is 16.5. The van der Waals surface area contributed by atoms with E-state index in [0.717, 1.165) is 6.42 Å². The Morgan fingerprint density at radius 2 is 1.91 bits per heavy atom. The van der Waals surface area contributed by atoms with Crippen molar-refractivity contribution in [3.8, 4) is 0 Å². The summed E-state index contributed by atoms with van der Waals surface area (Å²) in [6, 6.07) is 16.6. The maximum atomic E-state index is 11.6. The summed E-state index contributed by atoms with van der Waals surface area (Å²) in [5.74, 6) is 0.700. The molecule has 23 heavy (non-hydrogen) atoms. The highest BCUT2D eigenvalue weighted by Crippen LogP contribution is 2.49. The number of para-hydroxylation sites is 1. The molecule has 2 aromatic rings. The summed E-state index contributed by atoms with van der Waals surface area (Å²) in [7, 11) is 1.41. The SMILES string of the molecule is COC(=O)c1ccc(C2Nc3ccccc3C3C=CCC32)cc1. The molecule has 2 aromatic carbocycles. The summed E-state index contributed by atoms with van der Waals surface area (Å²) in [5, 5.41) is 3.69. The quantitative estimate of drug-likeness (QED) is 0.664. The predicted octanol–water partition coefficient (Wildman–Crippen LogP) is 4.30. The minimum absolute atomic E-state index is 0.261. The second-order valence-electron chi connectivity index (χ2n) is 6.18. The minimum atomic E-state index is -0.293. The normalized spacial score (nSPS) is 24.5. The molecule has 0 fully saturated rings. The Labute approximate surface area is 136 Å². The zero-order valence-corrected chi connectivity index (χ0v) is 13.0. The molecule has 1 N–H and O–H groups in total. The number of methoxy groups -OCH3 is 1. The molecule has 1 aliphatic heterocycles. The Bertz CT molecular complexity index is 763. The Hall–Kier alpha value is -2.55. The summed E-state index contributed by atoms with van der Waals surface area (Å²) < 4.78 is 4.77. The van der Waals surface area contributed by atoms with Gasteiger partial charge < -0.3 is 10.1 Å². The molecule has 0 aromatic heterocycles. The molecular weight excluding hydrogens is 286 g/mol. The molecule has 3 atom stereocenters. The van der Waals surface area contributed by atoms with Crippen LogP contribution in [0.3, 0.4) is 0 Å². The van der Waals surface area contributed by atoms with E-state index in [0.29, 0.717) is 17.4 Å². The van der Waals surface area contributed by atoms with Crippen LogP contribution in [0.4, 0.5) is 5.69 Å². The highest BCUT2D eigenvalue weighted by molar-refractivity contribution is 5.89. The second kappa shape index (κ2) is 5.58. The third-order valence-electron chi connectivity index (χ3n) is 4.96. The van der Waals surface area contributed by atoms with Crippen molar-refractivity contribution in [2.75, 3.05) is 12.4 Å². The number of carbonyl (C=O) groups is 1. The number of nitrogens with one attached hydrogen (secondary N) is 1. The van der Waals surface area contributed by atoms with E-state index in [-0.39, 0.29) is 12.0 Å². The molecule has 3 heteroatoms. The number of fused-ring (bicyclic) bond motifs is 3. The molecule has 0 radical (unpaired) electrons. The van der Waals surface area contributed by atoms with Gasteiger partial charge in [0, 0.05) is 11.6 Å². The van der Waals surface area contributed by atoms with Crippen LogP contribution in [0.25, 0.3) is 0 Å². The van der Waals surface area contributed by atoms with Crippen LogP contribution in [0.5, 0.6) is 0 Å². The molecule has 1 aliphatic carbocycles. The number of benzene rings is 2. The summed E-state index contributed by atoms with van der Waals surface area (Å²) in [6.45, 7) is 0. The van der Waals surface area contributed by atoms with Gasteiger partial charge in [0.15, 0.2) is 0 Å². The number of ether oxygens (including phenoxy) is 1. The van der Waals surface area contributed by atoms with Gasteiger partial charge in [-0.1, -0.05) is 42.5 Å². The Morgan fingerprint density at radius 3 is 2.70 bits per heavy atom. The number of hydrogen-bond acceptors (Lipinski definition) is 3. The summed E-state index contributed by atoms with van der Waals surface area (Å²) in [6.07, 6.45) is 5.70. The van der Waals surface area contributed by atoms with Gasteiger partial charge in [0.05, 0.1) is 18.7 Å². The number of anilines is 1. The molecule has 0 bridgehead atoms. The Kier molecular flexibility index (Phi) is 3.41. The third-order valence-corrected chi connectivity index (χ3v) is 4.96. The number of carbonyl (C=O) groups excluding carboxylic acids is 1. The number of esters is 1. The third kappa shape index (κ3) is 2.33. The van der Waals surface area contributed by atoms with Gasteiger partial charge in [0.25, 0.3) is 0 Å². The molecule has 0 saturated carbocycles. The molecule has 0 spiro atoms. The molecule has 3 nitrogen and oxygen atoms in total. The monoisotopic (exact) mass is 305 g/mol. The first kappa shape index (κ1) is 14.1. The van der Waals surface area contributed by atoms with Gasteiger partial charge >= 0.3 is 5.97 Å². The number of rotatable bonds is 2. The average molecular weight is 305 g/mol. The average Bonchev–Trinajstić information content (AvgIpc) is 3.10. The standard InChI is InChI=1S/C20H19NO2/c1-23-20(22)14-11-9-13(10-12-14)19-17-7-4-6-15(17)16-5-2-3-8-18(16)21-19/h2-6,8-12,15,17,19,21H,7H2,1H3. The van der Waals surface area contributed by atoms with Crippen LogP contribution in [0.1, 0.15) is 39.9 Å². The van der Waals surface area contributed by atoms with Crippen LogP contribution < -0.4 is 5.32 Å². The number of hydrogen-bond donors (Lipinski definition) is 1. The van der Waals surface area contributed by atoms with Gasteiger partial charge in [-0.15, -0.1) is 0 Å². The van der Waals surface area contributed by atoms with E-state index in [9.17, 15) is 4.79 Å². The van der Waals surface area contributed by atoms with E-state index in [2.05, 4.69) is 41.7 Å². The van der Waals surface area contributed by atoms with E-state index in [1.807, 2.05) is 24.3 Å². The minimum Gasteiger partial charge on any atom is -0.465 e. The molecule has 0 amide bonds. The van der Waals surface area contributed by atoms with Gasteiger partial charge in [-0.25, -0.2) is 4.79 Å². The van der Waals surface area contributed by atoms with E-state index >= 15 is 0 Å². The fourth-order valence-corrected chi connectivity index (χ4v) is 3.82. The predicted molar refractivity (Wildman–Crippen MR) is 90.6 cm³/mol. The van der Waals surface area contributed by atoms with Crippen LogP contribution in [-0.2, 0) is 4.74 Å². The number of allylic oxidation sites excluding steroid dienone is 2. The van der Waals surface area contributed by atoms with Crippen molar-refractivity contribution in [1.82, 2.24) is 0 Å². The van der Waals surface area contributed by atoms with Crippen LogP contribution in [0.15, 0.2) is 60.7 Å². The Morgan fingerprint density at radius 1 is 1.13 bits per heavy atom. The van der Waals surface area contributed by atoms with E-state index in [1.54, 1.807) is 0 Å². The topological polar surface area (TPSA) is 38.3 Å². The maximum Gasteiger partial charge on any atom is 0.337 e. The highest BCUT2D eigenvalue weighted by Gasteiger charge is 2.37. The molecule has 1 heterocycles. The van der Waals surface area contributed by atoms with E-state index in [4.69, 9.17) is 4.74 Å². The lowest BCUT2D eigenvalue weighted by Gasteiger charge is -2.37. The Balaban J connectivity index is 1.68. The maximum absolute atomic E-state index is 11.6. The molecule has 116 valence electrons. The van der Waals surface area contributed by atoms with Crippen molar-refractivity contribution in [3.63, 3.8) is 0 Å². The first-order chi connectivity index (χ1) is 11.3. The smallest absolute Gasteiger partial charge is 0.337 e. The van der Waals surface area contributed by atoms with Gasteiger partial charge in [-0.3, -0.25) is 0 Å². The summed E-state index contributed by atoms with van der Waals surface area (Å²) in [4.78, 5) is 11.6. The summed E-state index contributed by atoms with van der Waals surface area (Å²) in [5.41, 5.74) is 4.40.